The predicted molar refractivity (Wildman–Crippen MR) is 105 cm³/mol. The summed E-state index contributed by atoms with van der Waals surface area (Å²) in [6.07, 6.45) is 1.15. The zero-order chi connectivity index (χ0) is 18.5. The highest BCUT2D eigenvalue weighted by Crippen LogP contribution is 2.31. The number of aryl methyl sites for hydroxylation is 1. The van der Waals surface area contributed by atoms with Gasteiger partial charge in [-0.3, -0.25) is 9.69 Å². The molecule has 3 rings (SSSR count). The van der Waals surface area contributed by atoms with E-state index in [1.54, 1.807) is 7.11 Å². The summed E-state index contributed by atoms with van der Waals surface area (Å²) in [6.45, 7) is 2.28. The maximum atomic E-state index is 12.8. The van der Waals surface area contributed by atoms with Gasteiger partial charge in [0.15, 0.2) is 0 Å². The third kappa shape index (κ3) is 4.19. The Morgan fingerprint density at radius 2 is 1.88 bits per heavy atom. The van der Waals surface area contributed by atoms with Crippen LogP contribution in [0.15, 0.2) is 48.5 Å². The van der Waals surface area contributed by atoms with Crippen molar-refractivity contribution in [2.24, 2.45) is 0 Å². The smallest absolute Gasteiger partial charge is 0.223 e. The summed E-state index contributed by atoms with van der Waals surface area (Å²) in [6, 6.07) is 15.9. The van der Waals surface area contributed by atoms with Gasteiger partial charge in [-0.25, -0.2) is 0 Å². The molecule has 2 aromatic carbocycles. The second-order valence-electron chi connectivity index (χ2n) is 6.67. The van der Waals surface area contributed by atoms with Crippen molar-refractivity contribution in [1.29, 1.82) is 0 Å². The van der Waals surface area contributed by atoms with E-state index in [1.807, 2.05) is 47.4 Å². The molecule has 1 saturated heterocycles. The summed E-state index contributed by atoms with van der Waals surface area (Å²) in [7, 11) is 3.79. The fourth-order valence-corrected chi connectivity index (χ4v) is 3.71. The molecule has 1 heterocycles. The number of ether oxygens (including phenoxy) is 1. The second kappa shape index (κ2) is 8.56. The van der Waals surface area contributed by atoms with Crippen LogP contribution in [0.5, 0.6) is 5.75 Å². The van der Waals surface area contributed by atoms with E-state index in [4.69, 9.17) is 16.3 Å². The lowest BCUT2D eigenvalue weighted by molar-refractivity contribution is -0.134. The Bertz CT molecular complexity index is 765. The number of carbonyl (C=O) groups is 1. The average molecular weight is 373 g/mol. The van der Waals surface area contributed by atoms with Crippen molar-refractivity contribution in [3.8, 4) is 5.75 Å². The van der Waals surface area contributed by atoms with E-state index in [0.717, 1.165) is 35.0 Å². The topological polar surface area (TPSA) is 32.8 Å². The number of amides is 1. The zero-order valence-electron chi connectivity index (χ0n) is 15.3. The molecule has 1 fully saturated rings. The van der Waals surface area contributed by atoms with Crippen LogP contribution in [0.2, 0.25) is 5.02 Å². The van der Waals surface area contributed by atoms with E-state index in [9.17, 15) is 4.79 Å². The second-order valence-corrected chi connectivity index (χ2v) is 7.08. The molecule has 138 valence electrons. The van der Waals surface area contributed by atoms with Crippen molar-refractivity contribution in [3.05, 3.63) is 64.7 Å². The minimum absolute atomic E-state index is 0.143. The number of piperazine rings is 1. The van der Waals surface area contributed by atoms with Gasteiger partial charge in [-0.15, -0.1) is 0 Å². The largest absolute Gasteiger partial charge is 0.496 e. The van der Waals surface area contributed by atoms with Gasteiger partial charge < -0.3 is 9.64 Å². The predicted octanol–water partition coefficient (Wildman–Crippen LogP) is 3.80. The molecule has 1 aliphatic heterocycles. The first-order valence-corrected chi connectivity index (χ1v) is 9.32. The van der Waals surface area contributed by atoms with Crippen LogP contribution in [0.25, 0.3) is 0 Å². The van der Waals surface area contributed by atoms with Crippen LogP contribution in [0.1, 0.15) is 23.6 Å². The molecule has 0 spiro atoms. The highest BCUT2D eigenvalue weighted by Gasteiger charge is 2.29. The molecule has 0 N–H and O–H groups in total. The summed E-state index contributed by atoms with van der Waals surface area (Å²) < 4.78 is 5.52. The molecular formula is C21H25ClN2O2. The van der Waals surface area contributed by atoms with Crippen LogP contribution >= 0.6 is 11.6 Å². The summed E-state index contributed by atoms with van der Waals surface area (Å²) >= 11 is 6.20. The average Bonchev–Trinajstić information content (AvgIpc) is 2.67. The van der Waals surface area contributed by atoms with Crippen molar-refractivity contribution in [3.63, 3.8) is 0 Å². The van der Waals surface area contributed by atoms with Crippen LogP contribution in [0.4, 0.5) is 0 Å². The SMILES string of the molecule is COc1ccccc1C1CN(C(=O)CCc2ccccc2Cl)CCN1C. The van der Waals surface area contributed by atoms with Crippen LogP contribution in [0.3, 0.4) is 0 Å². The van der Waals surface area contributed by atoms with Gasteiger partial charge in [0.1, 0.15) is 5.75 Å². The van der Waals surface area contributed by atoms with Crippen LogP contribution in [-0.4, -0.2) is 49.5 Å². The van der Waals surface area contributed by atoms with Gasteiger partial charge in [-0.1, -0.05) is 48.0 Å². The van der Waals surface area contributed by atoms with Crippen LogP contribution < -0.4 is 4.74 Å². The molecule has 5 heteroatoms. The van der Waals surface area contributed by atoms with Crippen molar-refractivity contribution in [2.45, 2.75) is 18.9 Å². The monoisotopic (exact) mass is 372 g/mol. The number of para-hydroxylation sites is 1. The number of halogens is 1. The number of benzene rings is 2. The molecule has 1 aliphatic rings. The van der Waals surface area contributed by atoms with E-state index in [-0.39, 0.29) is 11.9 Å². The van der Waals surface area contributed by atoms with Gasteiger partial charge in [0.05, 0.1) is 13.2 Å². The lowest BCUT2D eigenvalue weighted by Crippen LogP contribution is -2.49. The number of likely N-dealkylation sites (N-methyl/N-ethyl adjacent to an activating group) is 1. The van der Waals surface area contributed by atoms with Crippen LogP contribution in [0, 0.1) is 0 Å². The number of rotatable bonds is 5. The van der Waals surface area contributed by atoms with E-state index < -0.39 is 0 Å². The number of carbonyl (C=O) groups excluding carboxylic acids is 1. The highest BCUT2D eigenvalue weighted by molar-refractivity contribution is 6.31. The molecule has 0 aliphatic carbocycles. The van der Waals surface area contributed by atoms with Crippen LogP contribution in [-0.2, 0) is 11.2 Å². The van der Waals surface area contributed by atoms with Gasteiger partial charge in [-0.2, -0.15) is 0 Å². The molecule has 0 bridgehead atoms. The summed E-state index contributed by atoms with van der Waals surface area (Å²) in [5.41, 5.74) is 2.15. The molecule has 1 unspecified atom stereocenters. The standard InChI is InChI=1S/C21H25ClN2O2/c1-23-13-14-24(15-19(23)17-8-4-6-10-20(17)26-2)21(25)12-11-16-7-3-5-9-18(16)22/h3-10,19H,11-15H2,1-2H3. The normalized spacial score (nSPS) is 18.0. The van der Waals surface area contributed by atoms with Gasteiger partial charge in [0, 0.05) is 36.6 Å². The first-order chi connectivity index (χ1) is 12.6. The van der Waals surface area contributed by atoms with Crippen molar-refractivity contribution in [1.82, 2.24) is 9.80 Å². The summed E-state index contributed by atoms with van der Waals surface area (Å²) in [4.78, 5) is 17.0. The summed E-state index contributed by atoms with van der Waals surface area (Å²) in [5.74, 6) is 1.05. The third-order valence-electron chi connectivity index (χ3n) is 5.06. The molecule has 2 aromatic rings. The number of hydrogen-bond donors (Lipinski definition) is 0. The van der Waals surface area contributed by atoms with Gasteiger partial charge >= 0.3 is 0 Å². The Kier molecular flexibility index (Phi) is 6.17. The molecule has 0 aromatic heterocycles. The number of nitrogens with zero attached hydrogens (tertiary/aromatic N) is 2. The van der Waals surface area contributed by atoms with Crippen molar-refractivity contribution < 1.29 is 9.53 Å². The zero-order valence-corrected chi connectivity index (χ0v) is 16.1. The molecule has 4 nitrogen and oxygen atoms in total. The first kappa shape index (κ1) is 18.7. The Labute approximate surface area is 160 Å². The summed E-state index contributed by atoms with van der Waals surface area (Å²) in [5, 5.41) is 0.727. The maximum absolute atomic E-state index is 12.8. The van der Waals surface area contributed by atoms with E-state index >= 15 is 0 Å². The van der Waals surface area contributed by atoms with E-state index in [0.29, 0.717) is 19.4 Å². The van der Waals surface area contributed by atoms with Crippen molar-refractivity contribution in [2.75, 3.05) is 33.8 Å². The Morgan fingerprint density at radius 3 is 2.65 bits per heavy atom. The fraction of sp³-hybridized carbons (Fsp3) is 0.381. The third-order valence-corrected chi connectivity index (χ3v) is 5.43. The maximum Gasteiger partial charge on any atom is 0.223 e. The molecule has 1 amide bonds. The Hall–Kier alpha value is -2.04. The Balaban J connectivity index is 1.67. The minimum Gasteiger partial charge on any atom is -0.496 e. The highest BCUT2D eigenvalue weighted by atomic mass is 35.5. The molecule has 0 radical (unpaired) electrons. The Morgan fingerprint density at radius 1 is 1.15 bits per heavy atom. The lowest BCUT2D eigenvalue weighted by atomic mass is 10.0. The van der Waals surface area contributed by atoms with E-state index in [1.165, 1.54) is 0 Å². The van der Waals surface area contributed by atoms with E-state index in [2.05, 4.69) is 18.0 Å². The van der Waals surface area contributed by atoms with Crippen molar-refractivity contribution >= 4 is 17.5 Å². The van der Waals surface area contributed by atoms with Gasteiger partial charge in [0.2, 0.25) is 5.91 Å². The first-order valence-electron chi connectivity index (χ1n) is 8.94. The number of methoxy groups -OCH3 is 1. The van der Waals surface area contributed by atoms with Gasteiger partial charge in [0.25, 0.3) is 0 Å². The lowest BCUT2D eigenvalue weighted by Gasteiger charge is -2.40. The number of hydrogen-bond acceptors (Lipinski definition) is 3. The molecular weight excluding hydrogens is 348 g/mol. The van der Waals surface area contributed by atoms with Gasteiger partial charge in [-0.05, 0) is 31.2 Å². The molecule has 26 heavy (non-hydrogen) atoms. The minimum atomic E-state index is 0.143. The quantitative estimate of drug-likeness (QED) is 0.800. The fourth-order valence-electron chi connectivity index (χ4n) is 3.48. The molecule has 1 atom stereocenters. The molecule has 0 saturated carbocycles.